The number of para-hydroxylation sites is 1. The molecule has 0 spiro atoms. The van der Waals surface area contributed by atoms with Crippen molar-refractivity contribution >= 4 is 33.4 Å². The second-order valence-electron chi connectivity index (χ2n) is 8.73. The predicted molar refractivity (Wildman–Crippen MR) is 133 cm³/mol. The van der Waals surface area contributed by atoms with Crippen LogP contribution in [0.25, 0.3) is 11.4 Å². The Hall–Kier alpha value is -3.04. The molecule has 1 saturated heterocycles. The maximum atomic E-state index is 12.9. The van der Waals surface area contributed by atoms with Crippen molar-refractivity contribution < 1.29 is 14.1 Å². The molecular weight excluding hydrogens is 498 g/mol. The molecule has 0 aliphatic carbocycles. The number of hydrogen-bond acceptors (Lipinski definition) is 6. The average molecular weight is 526 g/mol. The third kappa shape index (κ3) is 6.09. The molecule has 0 radical (unpaired) electrons. The van der Waals surface area contributed by atoms with Crippen LogP contribution in [-0.2, 0) is 11.3 Å². The lowest BCUT2D eigenvalue weighted by atomic mass is 9.95. The third-order valence-electron chi connectivity index (χ3n) is 5.74. The van der Waals surface area contributed by atoms with Crippen LogP contribution in [0.1, 0.15) is 42.9 Å². The van der Waals surface area contributed by atoms with Gasteiger partial charge < -0.3 is 15.2 Å². The summed E-state index contributed by atoms with van der Waals surface area (Å²) >= 11 is 3.42. The van der Waals surface area contributed by atoms with Crippen LogP contribution in [0.2, 0.25) is 0 Å². The molecular formula is C25H28BrN5O3. The number of halogens is 1. The number of likely N-dealkylation sites (tertiary alicyclic amines) is 1. The lowest BCUT2D eigenvalue weighted by molar-refractivity contribution is -0.121. The fourth-order valence-electron chi connectivity index (χ4n) is 3.94. The van der Waals surface area contributed by atoms with Gasteiger partial charge in [-0.15, -0.1) is 0 Å². The van der Waals surface area contributed by atoms with Gasteiger partial charge in [-0.25, -0.2) is 0 Å². The molecule has 3 aromatic rings. The third-order valence-corrected chi connectivity index (χ3v) is 6.27. The van der Waals surface area contributed by atoms with Crippen LogP contribution in [0.5, 0.6) is 0 Å². The first-order valence-electron chi connectivity index (χ1n) is 11.4. The summed E-state index contributed by atoms with van der Waals surface area (Å²) in [6.07, 6.45) is 1.44. The highest BCUT2D eigenvalue weighted by Crippen LogP contribution is 2.24. The molecule has 1 aliphatic rings. The minimum Gasteiger partial charge on any atom is -0.350 e. The Balaban J connectivity index is 1.30. The van der Waals surface area contributed by atoms with Gasteiger partial charge in [0.15, 0.2) is 0 Å². The molecule has 1 fully saturated rings. The Labute approximate surface area is 207 Å². The van der Waals surface area contributed by atoms with Gasteiger partial charge in [-0.2, -0.15) is 4.98 Å². The van der Waals surface area contributed by atoms with E-state index in [0.29, 0.717) is 29.5 Å². The van der Waals surface area contributed by atoms with Crippen molar-refractivity contribution in [2.24, 2.45) is 5.92 Å². The van der Waals surface area contributed by atoms with E-state index in [2.05, 4.69) is 41.6 Å². The number of nitrogens with one attached hydrogen (secondary N) is 2. The smallest absolute Gasteiger partial charge is 0.253 e. The summed E-state index contributed by atoms with van der Waals surface area (Å²) in [6.45, 7) is 5.87. The number of amides is 2. The molecule has 34 heavy (non-hydrogen) atoms. The van der Waals surface area contributed by atoms with E-state index >= 15 is 0 Å². The van der Waals surface area contributed by atoms with Gasteiger partial charge in [0.05, 0.1) is 17.8 Å². The van der Waals surface area contributed by atoms with Gasteiger partial charge in [-0.05, 0) is 76.2 Å². The predicted octanol–water partition coefficient (Wildman–Crippen LogP) is 4.49. The molecule has 178 valence electrons. The summed E-state index contributed by atoms with van der Waals surface area (Å²) in [6, 6.07) is 14.9. The van der Waals surface area contributed by atoms with E-state index in [0.717, 1.165) is 36.0 Å². The molecule has 9 heteroatoms. The Bertz CT molecular complexity index is 1140. The van der Waals surface area contributed by atoms with Gasteiger partial charge in [-0.3, -0.25) is 14.5 Å². The zero-order valence-electron chi connectivity index (χ0n) is 19.3. The number of carbonyl (C=O) groups is 2. The van der Waals surface area contributed by atoms with Crippen molar-refractivity contribution in [3.05, 3.63) is 64.5 Å². The summed E-state index contributed by atoms with van der Waals surface area (Å²) < 4.78 is 6.43. The van der Waals surface area contributed by atoms with Crippen molar-refractivity contribution in [2.75, 3.05) is 18.4 Å². The number of rotatable bonds is 7. The molecule has 2 amide bonds. The van der Waals surface area contributed by atoms with E-state index in [1.807, 2.05) is 44.2 Å². The van der Waals surface area contributed by atoms with Gasteiger partial charge in [0.2, 0.25) is 17.6 Å². The number of benzene rings is 2. The lowest BCUT2D eigenvalue weighted by Gasteiger charge is -2.30. The van der Waals surface area contributed by atoms with E-state index in [9.17, 15) is 9.59 Å². The fourth-order valence-corrected chi connectivity index (χ4v) is 4.21. The van der Waals surface area contributed by atoms with Crippen molar-refractivity contribution in [3.8, 4) is 11.4 Å². The fraction of sp³-hybridized carbons (Fsp3) is 0.360. The summed E-state index contributed by atoms with van der Waals surface area (Å²) in [7, 11) is 0. The first kappa shape index (κ1) is 24.1. The van der Waals surface area contributed by atoms with E-state index in [-0.39, 0.29) is 23.8 Å². The number of carbonyl (C=O) groups excluding carboxylic acids is 2. The van der Waals surface area contributed by atoms with Crippen molar-refractivity contribution in [2.45, 2.75) is 39.3 Å². The van der Waals surface area contributed by atoms with Crippen LogP contribution in [0.3, 0.4) is 0 Å². The Kier molecular flexibility index (Phi) is 7.74. The number of piperidine rings is 1. The van der Waals surface area contributed by atoms with Gasteiger partial charge >= 0.3 is 0 Å². The van der Waals surface area contributed by atoms with E-state index < -0.39 is 0 Å². The molecule has 1 aromatic heterocycles. The van der Waals surface area contributed by atoms with E-state index in [4.69, 9.17) is 4.52 Å². The average Bonchev–Trinajstić information content (AvgIpc) is 3.28. The summed E-state index contributed by atoms with van der Waals surface area (Å²) in [4.78, 5) is 32.1. The molecule has 2 aromatic carbocycles. The summed E-state index contributed by atoms with van der Waals surface area (Å²) in [5.41, 5.74) is 1.91. The quantitative estimate of drug-likeness (QED) is 0.471. The Morgan fingerprint density at radius 3 is 2.53 bits per heavy atom. The van der Waals surface area contributed by atoms with Crippen molar-refractivity contribution in [1.82, 2.24) is 20.4 Å². The molecule has 0 bridgehead atoms. The zero-order chi connectivity index (χ0) is 24.1. The molecule has 0 saturated carbocycles. The molecule has 4 rings (SSSR count). The zero-order valence-corrected chi connectivity index (χ0v) is 20.8. The maximum absolute atomic E-state index is 12.9. The van der Waals surface area contributed by atoms with Crippen LogP contribution in [0, 0.1) is 5.92 Å². The van der Waals surface area contributed by atoms with Gasteiger partial charge in [0.1, 0.15) is 0 Å². The topological polar surface area (TPSA) is 100 Å². The van der Waals surface area contributed by atoms with Gasteiger partial charge in [0, 0.05) is 22.0 Å². The number of nitrogens with zero attached hydrogens (tertiary/aromatic N) is 3. The van der Waals surface area contributed by atoms with Crippen LogP contribution >= 0.6 is 15.9 Å². The number of hydrogen-bond donors (Lipinski definition) is 2. The lowest BCUT2D eigenvalue weighted by Crippen LogP contribution is -2.38. The molecule has 2 N–H and O–H groups in total. The van der Waals surface area contributed by atoms with Crippen LogP contribution < -0.4 is 10.6 Å². The normalized spacial score (nSPS) is 14.8. The number of anilines is 1. The van der Waals surface area contributed by atoms with Crippen LogP contribution in [0.15, 0.2) is 57.5 Å². The standard InChI is InChI=1S/C25H28BrN5O3/c1-16(2)27-25(33)20-5-3-4-6-21(20)28-24(32)18-11-13-31(14-12-18)15-22-29-23(30-34-22)17-7-9-19(26)10-8-17/h3-10,16,18H,11-15H2,1-2H3,(H,27,33)(H,28,32). The van der Waals surface area contributed by atoms with Gasteiger partial charge in [-0.1, -0.05) is 33.2 Å². The van der Waals surface area contributed by atoms with Crippen LogP contribution in [0.4, 0.5) is 5.69 Å². The summed E-state index contributed by atoms with van der Waals surface area (Å²) in [5, 5.41) is 9.93. The Morgan fingerprint density at radius 1 is 1.12 bits per heavy atom. The van der Waals surface area contributed by atoms with E-state index in [1.165, 1.54) is 0 Å². The summed E-state index contributed by atoms with van der Waals surface area (Å²) in [5.74, 6) is 0.767. The highest BCUT2D eigenvalue weighted by atomic mass is 79.9. The largest absolute Gasteiger partial charge is 0.350 e. The second kappa shape index (κ2) is 10.9. The minimum absolute atomic E-state index is 0.0189. The van der Waals surface area contributed by atoms with Gasteiger partial charge in [0.25, 0.3) is 5.91 Å². The highest BCUT2D eigenvalue weighted by molar-refractivity contribution is 9.10. The SMILES string of the molecule is CC(C)NC(=O)c1ccccc1NC(=O)C1CCN(Cc2nc(-c3ccc(Br)cc3)no2)CC1. The minimum atomic E-state index is -0.192. The van der Waals surface area contributed by atoms with Crippen molar-refractivity contribution in [1.29, 1.82) is 0 Å². The molecule has 0 unspecified atom stereocenters. The molecule has 1 aliphatic heterocycles. The monoisotopic (exact) mass is 525 g/mol. The van der Waals surface area contributed by atoms with E-state index in [1.54, 1.807) is 18.2 Å². The first-order valence-corrected chi connectivity index (χ1v) is 12.2. The second-order valence-corrected chi connectivity index (χ2v) is 9.65. The molecule has 0 atom stereocenters. The molecule has 8 nitrogen and oxygen atoms in total. The highest BCUT2D eigenvalue weighted by Gasteiger charge is 2.27. The first-order chi connectivity index (χ1) is 16.4. The Morgan fingerprint density at radius 2 is 1.82 bits per heavy atom. The maximum Gasteiger partial charge on any atom is 0.253 e. The van der Waals surface area contributed by atoms with Crippen LogP contribution in [-0.4, -0.2) is 46.0 Å². The number of aromatic nitrogens is 2. The van der Waals surface area contributed by atoms with Crippen molar-refractivity contribution in [3.63, 3.8) is 0 Å². The molecule has 2 heterocycles.